The summed E-state index contributed by atoms with van der Waals surface area (Å²) in [5.41, 5.74) is 0. The van der Waals surface area contributed by atoms with Crippen LogP contribution in [-0.4, -0.2) is 84.3 Å². The molecule has 5 atom stereocenters. The fraction of sp³-hybridized carbons (Fsp3) is 0.909. The maximum atomic E-state index is 12.8. The largest absolute Gasteiger partial charge is 0.447 e. The molecule has 2 amide bonds. The van der Waals surface area contributed by atoms with Gasteiger partial charge in [-0.1, -0.05) is 13.3 Å². The Labute approximate surface area is 175 Å². The Bertz CT molecular complexity index is 559. The van der Waals surface area contributed by atoms with Crippen molar-refractivity contribution in [2.24, 2.45) is 11.8 Å². The standard InChI is InChI=1S/C22H40FN3O3/c1-7-18(14-24(6)11-10-23)19-8-9-20-21(12-19)25(22(28)29-15(2)3)13-16(4)26(20)17(5)27/h15-16,18-21H,7-14H2,1-6H3/t16-,18?,19?,20?,21?/m0/s1. The van der Waals surface area contributed by atoms with Gasteiger partial charge in [-0.3, -0.25) is 4.79 Å². The highest BCUT2D eigenvalue weighted by molar-refractivity contribution is 5.75. The first-order valence-electron chi connectivity index (χ1n) is 11.2. The lowest BCUT2D eigenvalue weighted by molar-refractivity contribution is -0.142. The first kappa shape index (κ1) is 23.9. The second-order valence-corrected chi connectivity index (χ2v) is 9.19. The molecule has 0 radical (unpaired) electrons. The van der Waals surface area contributed by atoms with Crippen LogP contribution in [0.15, 0.2) is 0 Å². The molecule has 1 heterocycles. The van der Waals surface area contributed by atoms with Gasteiger partial charge < -0.3 is 19.4 Å². The van der Waals surface area contributed by atoms with E-state index >= 15 is 0 Å². The van der Waals surface area contributed by atoms with Crippen molar-refractivity contribution in [3.05, 3.63) is 0 Å². The van der Waals surface area contributed by atoms with E-state index in [0.717, 1.165) is 32.2 Å². The predicted molar refractivity (Wildman–Crippen MR) is 112 cm³/mol. The molecule has 0 bridgehead atoms. The summed E-state index contributed by atoms with van der Waals surface area (Å²) in [7, 11) is 1.97. The molecule has 6 nitrogen and oxygen atoms in total. The number of carbonyl (C=O) groups is 2. The van der Waals surface area contributed by atoms with Crippen LogP contribution in [0.3, 0.4) is 0 Å². The summed E-state index contributed by atoms with van der Waals surface area (Å²) >= 11 is 0. The average molecular weight is 414 g/mol. The highest BCUT2D eigenvalue weighted by Gasteiger charge is 2.47. The molecule has 0 aromatic heterocycles. The van der Waals surface area contributed by atoms with Gasteiger partial charge >= 0.3 is 6.09 Å². The number of halogens is 1. The molecule has 168 valence electrons. The number of carbonyl (C=O) groups excluding carboxylic acids is 2. The van der Waals surface area contributed by atoms with Gasteiger partial charge in [-0.2, -0.15) is 0 Å². The minimum absolute atomic E-state index is 0.0114. The van der Waals surface area contributed by atoms with Gasteiger partial charge in [0.05, 0.1) is 18.2 Å². The first-order chi connectivity index (χ1) is 13.7. The normalized spacial score (nSPS) is 28.4. The number of hydrogen-bond donors (Lipinski definition) is 0. The Hall–Kier alpha value is -1.37. The van der Waals surface area contributed by atoms with Crippen LogP contribution in [0.5, 0.6) is 0 Å². The van der Waals surface area contributed by atoms with Gasteiger partial charge in [0.25, 0.3) is 0 Å². The van der Waals surface area contributed by atoms with Crippen molar-refractivity contribution in [2.75, 3.05) is 33.4 Å². The zero-order valence-electron chi connectivity index (χ0n) is 19.1. The van der Waals surface area contributed by atoms with Crippen LogP contribution in [-0.2, 0) is 9.53 Å². The third kappa shape index (κ3) is 5.83. The van der Waals surface area contributed by atoms with Crippen LogP contribution in [0.25, 0.3) is 0 Å². The lowest BCUT2D eigenvalue weighted by Gasteiger charge is -2.54. The second kappa shape index (κ2) is 10.6. The molecule has 1 saturated heterocycles. The van der Waals surface area contributed by atoms with E-state index < -0.39 is 0 Å². The third-order valence-corrected chi connectivity index (χ3v) is 6.65. The van der Waals surface area contributed by atoms with Gasteiger partial charge in [0.1, 0.15) is 6.67 Å². The van der Waals surface area contributed by atoms with Crippen LogP contribution >= 0.6 is 0 Å². The molecule has 0 aromatic carbocycles. The molecular weight excluding hydrogens is 373 g/mol. The average Bonchev–Trinajstić information content (AvgIpc) is 2.64. The first-order valence-corrected chi connectivity index (χ1v) is 11.2. The predicted octanol–water partition coefficient (Wildman–Crippen LogP) is 3.55. The van der Waals surface area contributed by atoms with Crippen molar-refractivity contribution in [2.45, 2.75) is 84.5 Å². The van der Waals surface area contributed by atoms with Crippen LogP contribution < -0.4 is 0 Å². The SMILES string of the molecule is CCC(CN(C)CCF)C1CCC2C(C1)N(C(=O)OC(C)C)C[C@H](C)N2C(C)=O. The van der Waals surface area contributed by atoms with Crippen LogP contribution in [0.1, 0.15) is 60.3 Å². The zero-order chi connectivity index (χ0) is 21.7. The molecule has 2 fully saturated rings. The van der Waals surface area contributed by atoms with E-state index in [1.54, 1.807) is 6.92 Å². The van der Waals surface area contributed by atoms with E-state index in [1.165, 1.54) is 0 Å². The summed E-state index contributed by atoms with van der Waals surface area (Å²) in [6, 6.07) is 0.0246. The van der Waals surface area contributed by atoms with E-state index in [1.807, 2.05) is 37.6 Å². The maximum absolute atomic E-state index is 12.8. The van der Waals surface area contributed by atoms with E-state index in [9.17, 15) is 14.0 Å². The van der Waals surface area contributed by atoms with Gasteiger partial charge in [-0.25, -0.2) is 9.18 Å². The number of hydrogen-bond acceptors (Lipinski definition) is 4. The van der Waals surface area contributed by atoms with Crippen LogP contribution in [0.4, 0.5) is 9.18 Å². The zero-order valence-corrected chi connectivity index (χ0v) is 19.1. The molecule has 29 heavy (non-hydrogen) atoms. The summed E-state index contributed by atoms with van der Waals surface area (Å²) in [5, 5.41) is 0. The molecule has 0 spiro atoms. The number of alkyl halides is 1. The summed E-state index contributed by atoms with van der Waals surface area (Å²) < 4.78 is 18.3. The molecule has 0 aromatic rings. The molecule has 2 aliphatic rings. The second-order valence-electron chi connectivity index (χ2n) is 9.19. The molecular formula is C22H40FN3O3. The number of nitrogens with zero attached hydrogens (tertiary/aromatic N) is 3. The fourth-order valence-electron chi connectivity index (χ4n) is 5.36. The molecule has 1 aliphatic carbocycles. The lowest BCUT2D eigenvalue weighted by atomic mass is 9.72. The number of amides is 2. The molecule has 4 unspecified atom stereocenters. The van der Waals surface area contributed by atoms with Crippen molar-refractivity contribution >= 4 is 12.0 Å². The fourth-order valence-corrected chi connectivity index (χ4v) is 5.36. The Morgan fingerprint density at radius 1 is 1.24 bits per heavy atom. The Kier molecular flexibility index (Phi) is 8.73. The molecule has 7 heteroatoms. The van der Waals surface area contributed by atoms with Crippen molar-refractivity contribution in [3.8, 4) is 0 Å². The highest BCUT2D eigenvalue weighted by Crippen LogP contribution is 2.40. The van der Waals surface area contributed by atoms with Gasteiger partial charge in [-0.05, 0) is 58.9 Å². The van der Waals surface area contributed by atoms with E-state index in [-0.39, 0.29) is 42.9 Å². The van der Waals surface area contributed by atoms with Crippen LogP contribution in [0, 0.1) is 11.8 Å². The summed E-state index contributed by atoms with van der Waals surface area (Å²) in [4.78, 5) is 31.1. The highest BCUT2D eigenvalue weighted by atomic mass is 19.1. The number of ether oxygens (including phenoxy) is 1. The minimum Gasteiger partial charge on any atom is -0.447 e. The van der Waals surface area contributed by atoms with Crippen molar-refractivity contribution in [1.29, 1.82) is 0 Å². The molecule has 1 saturated carbocycles. The Morgan fingerprint density at radius 2 is 1.93 bits per heavy atom. The van der Waals surface area contributed by atoms with Crippen LogP contribution in [0.2, 0.25) is 0 Å². The smallest absolute Gasteiger partial charge is 0.410 e. The molecule has 0 N–H and O–H groups in total. The number of fused-ring (bicyclic) bond motifs is 1. The number of piperazine rings is 1. The van der Waals surface area contributed by atoms with E-state index in [0.29, 0.717) is 24.9 Å². The van der Waals surface area contributed by atoms with Crippen molar-refractivity contribution in [3.63, 3.8) is 0 Å². The van der Waals surface area contributed by atoms with E-state index in [2.05, 4.69) is 11.8 Å². The minimum atomic E-state index is -0.331. The maximum Gasteiger partial charge on any atom is 0.410 e. The topological polar surface area (TPSA) is 53.1 Å². The quantitative estimate of drug-likeness (QED) is 0.641. The summed E-state index contributed by atoms with van der Waals surface area (Å²) in [6.07, 6.45) is 3.39. The van der Waals surface area contributed by atoms with Gasteiger partial charge in [0.2, 0.25) is 5.91 Å². The summed E-state index contributed by atoms with van der Waals surface area (Å²) in [6.45, 7) is 11.1. The Morgan fingerprint density at radius 3 is 2.48 bits per heavy atom. The van der Waals surface area contributed by atoms with Crippen molar-refractivity contribution < 1.29 is 18.7 Å². The van der Waals surface area contributed by atoms with Gasteiger partial charge in [-0.15, -0.1) is 0 Å². The number of rotatable bonds is 7. The molecule has 1 aliphatic heterocycles. The third-order valence-electron chi connectivity index (χ3n) is 6.65. The van der Waals surface area contributed by atoms with Gasteiger partial charge in [0.15, 0.2) is 0 Å². The summed E-state index contributed by atoms with van der Waals surface area (Å²) in [5.74, 6) is 0.998. The molecule has 2 rings (SSSR count). The Balaban J connectivity index is 2.21. The monoisotopic (exact) mass is 413 g/mol. The van der Waals surface area contributed by atoms with E-state index in [4.69, 9.17) is 4.74 Å². The van der Waals surface area contributed by atoms with Crippen molar-refractivity contribution in [1.82, 2.24) is 14.7 Å². The van der Waals surface area contributed by atoms with Gasteiger partial charge in [0, 0.05) is 32.6 Å². The lowest BCUT2D eigenvalue weighted by Crippen LogP contribution is -2.67.